The van der Waals surface area contributed by atoms with Gasteiger partial charge in [0.25, 0.3) is 0 Å². The zero-order valence-electron chi connectivity index (χ0n) is 11.2. The molecule has 2 N–H and O–H groups in total. The smallest absolute Gasteiger partial charge is 0.0644 e. The second-order valence-electron chi connectivity index (χ2n) is 5.05. The summed E-state index contributed by atoms with van der Waals surface area (Å²) >= 11 is 5.26. The lowest BCUT2D eigenvalue weighted by Crippen LogP contribution is -2.25. The van der Waals surface area contributed by atoms with Crippen molar-refractivity contribution in [2.24, 2.45) is 0 Å². The van der Waals surface area contributed by atoms with Gasteiger partial charge in [-0.2, -0.15) is 5.10 Å². The number of nitrogens with one attached hydrogen (secondary N) is 1. The molecule has 108 valence electrons. The Morgan fingerprint density at radius 1 is 1.55 bits per heavy atom. The molecule has 1 aliphatic rings. The molecule has 0 amide bonds. The Balaban J connectivity index is 1.70. The van der Waals surface area contributed by atoms with E-state index < -0.39 is 0 Å². The molecule has 0 spiro atoms. The summed E-state index contributed by atoms with van der Waals surface area (Å²) in [5.74, 6) is 0. The van der Waals surface area contributed by atoms with Crippen LogP contribution < -0.4 is 5.32 Å². The van der Waals surface area contributed by atoms with Crippen LogP contribution in [0.25, 0.3) is 0 Å². The van der Waals surface area contributed by atoms with Gasteiger partial charge in [-0.3, -0.25) is 4.68 Å². The maximum Gasteiger partial charge on any atom is 0.0644 e. The zero-order valence-corrected chi connectivity index (χ0v) is 13.6. The Labute approximate surface area is 130 Å². The standard InChI is InChI=1S/C14H18BrN3OS/c15-10-6-11(20-9-10)7-16-13-2-1-3-14-12(13)8-17-18(14)4-5-19/h6,8-9,13,16,19H,1-5,7H2. The lowest BCUT2D eigenvalue weighted by molar-refractivity contribution is 0.266. The van der Waals surface area contributed by atoms with Crippen LogP contribution in [0.5, 0.6) is 0 Å². The van der Waals surface area contributed by atoms with E-state index >= 15 is 0 Å². The van der Waals surface area contributed by atoms with Gasteiger partial charge in [0.15, 0.2) is 0 Å². The summed E-state index contributed by atoms with van der Waals surface area (Å²) in [6, 6.07) is 2.54. The molecule has 1 aliphatic carbocycles. The molecule has 3 rings (SSSR count). The minimum absolute atomic E-state index is 0.148. The van der Waals surface area contributed by atoms with E-state index in [4.69, 9.17) is 5.11 Å². The number of rotatable bonds is 5. The van der Waals surface area contributed by atoms with Crippen molar-refractivity contribution in [3.05, 3.63) is 38.3 Å². The fourth-order valence-corrected chi connectivity index (χ4v) is 4.19. The normalized spacial score (nSPS) is 18.2. The van der Waals surface area contributed by atoms with Crippen molar-refractivity contribution in [2.45, 2.75) is 38.4 Å². The van der Waals surface area contributed by atoms with Crippen molar-refractivity contribution in [2.75, 3.05) is 6.61 Å². The highest BCUT2D eigenvalue weighted by Crippen LogP contribution is 2.30. The second-order valence-corrected chi connectivity index (χ2v) is 6.96. The van der Waals surface area contributed by atoms with Gasteiger partial charge in [-0.05, 0) is 41.3 Å². The molecule has 0 bridgehead atoms. The number of hydrogen-bond donors (Lipinski definition) is 2. The van der Waals surface area contributed by atoms with Gasteiger partial charge in [0, 0.05) is 38.6 Å². The maximum absolute atomic E-state index is 9.08. The lowest BCUT2D eigenvalue weighted by Gasteiger charge is -2.24. The summed E-state index contributed by atoms with van der Waals surface area (Å²) in [4.78, 5) is 1.34. The predicted octanol–water partition coefficient (Wildman–Crippen LogP) is 2.87. The van der Waals surface area contributed by atoms with Gasteiger partial charge in [0.1, 0.15) is 0 Å². The van der Waals surface area contributed by atoms with Crippen molar-refractivity contribution >= 4 is 27.3 Å². The van der Waals surface area contributed by atoms with Crippen LogP contribution in [0.15, 0.2) is 22.1 Å². The quantitative estimate of drug-likeness (QED) is 0.866. The van der Waals surface area contributed by atoms with Crippen LogP contribution in [0.3, 0.4) is 0 Å². The van der Waals surface area contributed by atoms with Crippen LogP contribution >= 0.6 is 27.3 Å². The van der Waals surface area contributed by atoms with Crippen LogP contribution in [0.4, 0.5) is 0 Å². The largest absolute Gasteiger partial charge is 0.394 e. The van der Waals surface area contributed by atoms with Crippen molar-refractivity contribution in [1.29, 1.82) is 0 Å². The second kappa shape index (κ2) is 6.39. The number of thiophene rings is 1. The summed E-state index contributed by atoms with van der Waals surface area (Å²) < 4.78 is 3.10. The Bertz CT molecular complexity index is 581. The summed E-state index contributed by atoms with van der Waals surface area (Å²) in [5, 5.41) is 19.2. The van der Waals surface area contributed by atoms with E-state index in [0.717, 1.165) is 23.9 Å². The molecule has 0 saturated heterocycles. The molecule has 2 heterocycles. The van der Waals surface area contributed by atoms with E-state index in [9.17, 15) is 0 Å². The molecule has 6 heteroatoms. The molecule has 0 aromatic carbocycles. The molecule has 0 radical (unpaired) electrons. The first-order valence-electron chi connectivity index (χ1n) is 6.89. The van der Waals surface area contributed by atoms with E-state index in [0.29, 0.717) is 12.6 Å². The molecule has 2 aromatic heterocycles. The highest BCUT2D eigenvalue weighted by molar-refractivity contribution is 9.10. The van der Waals surface area contributed by atoms with Crippen molar-refractivity contribution in [3.63, 3.8) is 0 Å². The first-order valence-corrected chi connectivity index (χ1v) is 8.57. The van der Waals surface area contributed by atoms with E-state index in [1.54, 1.807) is 11.3 Å². The Hall–Kier alpha value is -0.690. The third-order valence-corrected chi connectivity index (χ3v) is 5.42. The monoisotopic (exact) mass is 355 g/mol. The van der Waals surface area contributed by atoms with Crippen molar-refractivity contribution in [3.8, 4) is 0 Å². The number of nitrogens with zero attached hydrogens (tertiary/aromatic N) is 2. The summed E-state index contributed by atoms with van der Waals surface area (Å²) in [7, 11) is 0. The van der Waals surface area contributed by atoms with Gasteiger partial charge < -0.3 is 10.4 Å². The third kappa shape index (κ3) is 2.98. The van der Waals surface area contributed by atoms with Crippen molar-refractivity contribution in [1.82, 2.24) is 15.1 Å². The Morgan fingerprint density at radius 2 is 2.45 bits per heavy atom. The number of hydrogen-bond acceptors (Lipinski definition) is 4. The summed E-state index contributed by atoms with van der Waals surface area (Å²) in [6.07, 6.45) is 5.37. The molecular formula is C14H18BrN3OS. The highest BCUT2D eigenvalue weighted by atomic mass is 79.9. The molecule has 0 saturated carbocycles. The number of aromatic nitrogens is 2. The van der Waals surface area contributed by atoms with E-state index in [-0.39, 0.29) is 6.61 Å². The first-order chi connectivity index (χ1) is 9.78. The molecule has 20 heavy (non-hydrogen) atoms. The number of aliphatic hydroxyl groups is 1. The van der Waals surface area contributed by atoms with Crippen molar-refractivity contribution < 1.29 is 5.11 Å². The van der Waals surface area contributed by atoms with Crippen LogP contribution in [0.2, 0.25) is 0 Å². The number of halogens is 1. The summed E-state index contributed by atoms with van der Waals surface area (Å²) in [5.41, 5.74) is 2.59. The van der Waals surface area contributed by atoms with Crippen LogP contribution in [-0.2, 0) is 19.5 Å². The fraction of sp³-hybridized carbons (Fsp3) is 0.500. The van der Waals surface area contributed by atoms with Gasteiger partial charge in [-0.25, -0.2) is 0 Å². The van der Waals surface area contributed by atoms with Crippen LogP contribution in [0.1, 0.15) is 35.0 Å². The van der Waals surface area contributed by atoms with Gasteiger partial charge in [0.05, 0.1) is 19.3 Å². The zero-order chi connectivity index (χ0) is 13.9. The summed E-state index contributed by atoms with van der Waals surface area (Å²) in [6.45, 7) is 1.64. The topological polar surface area (TPSA) is 50.1 Å². The minimum atomic E-state index is 0.148. The van der Waals surface area contributed by atoms with E-state index in [2.05, 4.69) is 37.8 Å². The van der Waals surface area contributed by atoms with Gasteiger partial charge in [-0.1, -0.05) is 0 Å². The Kier molecular flexibility index (Phi) is 4.55. The Morgan fingerprint density at radius 3 is 3.20 bits per heavy atom. The molecule has 0 fully saturated rings. The maximum atomic E-state index is 9.08. The minimum Gasteiger partial charge on any atom is -0.394 e. The molecule has 1 atom stereocenters. The third-order valence-electron chi connectivity index (χ3n) is 3.72. The number of fused-ring (bicyclic) bond motifs is 1. The van der Waals surface area contributed by atoms with Gasteiger partial charge in [0.2, 0.25) is 0 Å². The SMILES string of the molecule is OCCn1ncc2c1CCCC2NCc1cc(Br)cs1. The fourth-order valence-electron chi connectivity index (χ4n) is 2.79. The molecular weight excluding hydrogens is 338 g/mol. The average Bonchev–Trinajstić information content (AvgIpc) is 3.04. The van der Waals surface area contributed by atoms with Crippen LogP contribution in [0, 0.1) is 0 Å². The van der Waals surface area contributed by atoms with E-state index in [1.807, 2.05) is 10.9 Å². The molecule has 2 aromatic rings. The predicted molar refractivity (Wildman–Crippen MR) is 83.9 cm³/mol. The van der Waals surface area contributed by atoms with Gasteiger partial charge in [-0.15, -0.1) is 11.3 Å². The molecule has 0 aliphatic heterocycles. The molecule has 4 nitrogen and oxygen atoms in total. The highest BCUT2D eigenvalue weighted by Gasteiger charge is 2.23. The lowest BCUT2D eigenvalue weighted by atomic mass is 9.93. The number of aliphatic hydroxyl groups excluding tert-OH is 1. The van der Waals surface area contributed by atoms with Crippen LogP contribution in [-0.4, -0.2) is 21.5 Å². The average molecular weight is 356 g/mol. The van der Waals surface area contributed by atoms with E-state index in [1.165, 1.54) is 22.6 Å². The molecule has 1 unspecified atom stereocenters. The van der Waals surface area contributed by atoms with Gasteiger partial charge >= 0.3 is 0 Å². The first kappa shape index (κ1) is 14.3.